The summed E-state index contributed by atoms with van der Waals surface area (Å²) in [6.45, 7) is 7.21. The second-order valence-electron chi connectivity index (χ2n) is 6.09. The Labute approximate surface area is 114 Å². The number of carbonyl (C=O) groups excluding carboxylic acids is 1. The molecule has 0 aromatic rings. The molecular formula is C14H24N2O3. The number of carbonyl (C=O) groups is 2. The fraction of sp³-hybridized carbons (Fsp3) is 0.857. The number of aliphatic carboxylic acids is 1. The predicted molar refractivity (Wildman–Crippen MR) is 71.7 cm³/mol. The number of carboxylic acid groups (broad SMARTS) is 1. The molecule has 0 aromatic heterocycles. The summed E-state index contributed by atoms with van der Waals surface area (Å²) in [6.07, 6.45) is 2.97. The first-order chi connectivity index (χ1) is 9.00. The number of nitrogens with zero attached hydrogens (tertiary/aromatic N) is 1. The van der Waals surface area contributed by atoms with Crippen molar-refractivity contribution in [2.45, 2.75) is 39.2 Å². The van der Waals surface area contributed by atoms with E-state index >= 15 is 0 Å². The van der Waals surface area contributed by atoms with Gasteiger partial charge in [0, 0.05) is 12.6 Å². The van der Waals surface area contributed by atoms with Gasteiger partial charge in [-0.2, -0.15) is 0 Å². The smallest absolute Gasteiger partial charge is 0.307 e. The number of carboxylic acids is 1. The van der Waals surface area contributed by atoms with Crippen LogP contribution in [-0.2, 0) is 9.59 Å². The zero-order valence-corrected chi connectivity index (χ0v) is 11.8. The molecule has 1 aliphatic heterocycles. The Balaban J connectivity index is 1.79. The minimum absolute atomic E-state index is 0.0859. The SMILES string of the molecule is CC(C)C(CNC(=O)[C@@H]1C[C@@H]1C(=O)O)N1CCCC1. The lowest BCUT2D eigenvalue weighted by molar-refractivity contribution is -0.140. The molecule has 1 saturated carbocycles. The number of hydrogen-bond acceptors (Lipinski definition) is 3. The van der Waals surface area contributed by atoms with Crippen molar-refractivity contribution in [2.75, 3.05) is 19.6 Å². The molecular weight excluding hydrogens is 244 g/mol. The van der Waals surface area contributed by atoms with Crippen LogP contribution in [0.25, 0.3) is 0 Å². The van der Waals surface area contributed by atoms with Crippen molar-refractivity contribution in [1.82, 2.24) is 10.2 Å². The fourth-order valence-electron chi connectivity index (χ4n) is 2.95. The third-order valence-electron chi connectivity index (χ3n) is 4.31. The van der Waals surface area contributed by atoms with Crippen molar-refractivity contribution in [3.8, 4) is 0 Å². The second kappa shape index (κ2) is 5.90. The summed E-state index contributed by atoms with van der Waals surface area (Å²) >= 11 is 0. The average molecular weight is 268 g/mol. The lowest BCUT2D eigenvalue weighted by Crippen LogP contribution is -2.46. The Morgan fingerprint density at radius 3 is 2.37 bits per heavy atom. The zero-order valence-electron chi connectivity index (χ0n) is 11.8. The second-order valence-corrected chi connectivity index (χ2v) is 6.09. The maximum atomic E-state index is 11.9. The number of amides is 1. The van der Waals surface area contributed by atoms with E-state index in [1.807, 2.05) is 0 Å². The van der Waals surface area contributed by atoms with Crippen molar-refractivity contribution >= 4 is 11.9 Å². The Morgan fingerprint density at radius 1 is 1.26 bits per heavy atom. The first-order valence-corrected chi connectivity index (χ1v) is 7.25. The van der Waals surface area contributed by atoms with Gasteiger partial charge in [0.05, 0.1) is 11.8 Å². The van der Waals surface area contributed by atoms with Crippen molar-refractivity contribution in [2.24, 2.45) is 17.8 Å². The van der Waals surface area contributed by atoms with Gasteiger partial charge in [-0.25, -0.2) is 0 Å². The summed E-state index contributed by atoms with van der Waals surface area (Å²) in [4.78, 5) is 25.0. The van der Waals surface area contributed by atoms with Gasteiger partial charge in [-0.1, -0.05) is 13.8 Å². The molecule has 108 valence electrons. The zero-order chi connectivity index (χ0) is 14.0. The van der Waals surface area contributed by atoms with E-state index in [9.17, 15) is 9.59 Å². The molecule has 0 bridgehead atoms. The number of nitrogens with one attached hydrogen (secondary N) is 1. The summed E-state index contributed by atoms with van der Waals surface area (Å²) in [5, 5.41) is 11.8. The molecule has 1 aliphatic carbocycles. The normalized spacial score (nSPS) is 28.4. The maximum absolute atomic E-state index is 11.9. The molecule has 1 heterocycles. The largest absolute Gasteiger partial charge is 0.481 e. The molecule has 0 spiro atoms. The predicted octanol–water partition coefficient (Wildman–Crippen LogP) is 0.944. The highest BCUT2D eigenvalue weighted by atomic mass is 16.4. The highest BCUT2D eigenvalue weighted by Crippen LogP contribution is 2.38. The summed E-state index contributed by atoms with van der Waals surface area (Å²) in [5.41, 5.74) is 0. The molecule has 2 fully saturated rings. The first-order valence-electron chi connectivity index (χ1n) is 7.25. The van der Waals surface area contributed by atoms with Gasteiger partial charge in [-0.3, -0.25) is 14.5 Å². The summed E-state index contributed by atoms with van der Waals surface area (Å²) in [6, 6.07) is 0.369. The van der Waals surface area contributed by atoms with E-state index in [4.69, 9.17) is 5.11 Å². The third kappa shape index (κ3) is 3.47. The van der Waals surface area contributed by atoms with E-state index in [0.717, 1.165) is 13.1 Å². The third-order valence-corrected chi connectivity index (χ3v) is 4.31. The van der Waals surface area contributed by atoms with Crippen LogP contribution in [0.1, 0.15) is 33.1 Å². The molecule has 2 aliphatic rings. The lowest BCUT2D eigenvalue weighted by atomic mass is 10.0. The van der Waals surface area contributed by atoms with E-state index in [2.05, 4.69) is 24.1 Å². The molecule has 5 heteroatoms. The molecule has 1 unspecified atom stereocenters. The molecule has 1 amide bonds. The molecule has 1 saturated heterocycles. The minimum Gasteiger partial charge on any atom is -0.481 e. The Bertz CT molecular complexity index is 351. The summed E-state index contributed by atoms with van der Waals surface area (Å²) in [5.74, 6) is -1.20. The average Bonchev–Trinajstić information content (AvgIpc) is 2.99. The van der Waals surface area contributed by atoms with E-state index < -0.39 is 11.9 Å². The van der Waals surface area contributed by atoms with Crippen LogP contribution in [0.3, 0.4) is 0 Å². The first kappa shape index (κ1) is 14.3. The van der Waals surface area contributed by atoms with Gasteiger partial charge in [0.25, 0.3) is 0 Å². The maximum Gasteiger partial charge on any atom is 0.307 e. The van der Waals surface area contributed by atoms with Crippen molar-refractivity contribution in [1.29, 1.82) is 0 Å². The molecule has 0 aromatic carbocycles. The minimum atomic E-state index is -0.847. The van der Waals surface area contributed by atoms with Crippen LogP contribution in [0.2, 0.25) is 0 Å². The van der Waals surface area contributed by atoms with Crippen molar-refractivity contribution in [3.05, 3.63) is 0 Å². The molecule has 3 atom stereocenters. The standard InChI is InChI=1S/C14H24N2O3/c1-9(2)12(16-5-3-4-6-16)8-15-13(17)10-7-11(10)14(18)19/h9-12H,3-8H2,1-2H3,(H,15,17)(H,18,19)/t10-,11+,12?/m1/s1. The van der Waals surface area contributed by atoms with E-state index in [1.54, 1.807) is 0 Å². The number of likely N-dealkylation sites (tertiary alicyclic amines) is 1. The van der Waals surface area contributed by atoms with E-state index in [-0.39, 0.29) is 11.8 Å². The number of rotatable bonds is 6. The van der Waals surface area contributed by atoms with Crippen LogP contribution in [0.5, 0.6) is 0 Å². The van der Waals surface area contributed by atoms with Gasteiger partial charge >= 0.3 is 5.97 Å². The molecule has 0 radical (unpaired) electrons. The van der Waals surface area contributed by atoms with Gasteiger partial charge in [0.1, 0.15) is 0 Å². The van der Waals surface area contributed by atoms with E-state index in [0.29, 0.717) is 24.9 Å². The van der Waals surface area contributed by atoms with Gasteiger partial charge in [0.2, 0.25) is 5.91 Å². The van der Waals surface area contributed by atoms with Crippen LogP contribution in [-0.4, -0.2) is 47.6 Å². The molecule has 2 N–H and O–H groups in total. The highest BCUT2D eigenvalue weighted by Gasteiger charge is 2.48. The quantitative estimate of drug-likeness (QED) is 0.752. The van der Waals surface area contributed by atoms with Gasteiger partial charge < -0.3 is 10.4 Å². The number of hydrogen-bond donors (Lipinski definition) is 2. The van der Waals surface area contributed by atoms with Gasteiger partial charge in [-0.15, -0.1) is 0 Å². The lowest BCUT2D eigenvalue weighted by Gasteiger charge is -2.31. The summed E-state index contributed by atoms with van der Waals surface area (Å²) in [7, 11) is 0. The van der Waals surface area contributed by atoms with Gasteiger partial charge in [0.15, 0.2) is 0 Å². The molecule has 5 nitrogen and oxygen atoms in total. The Morgan fingerprint density at radius 2 is 1.89 bits per heavy atom. The fourth-order valence-corrected chi connectivity index (χ4v) is 2.95. The van der Waals surface area contributed by atoms with Crippen molar-refractivity contribution < 1.29 is 14.7 Å². The topological polar surface area (TPSA) is 69.6 Å². The van der Waals surface area contributed by atoms with Crippen LogP contribution < -0.4 is 5.32 Å². The molecule has 2 rings (SSSR count). The van der Waals surface area contributed by atoms with Crippen LogP contribution in [0, 0.1) is 17.8 Å². The van der Waals surface area contributed by atoms with Crippen LogP contribution >= 0.6 is 0 Å². The monoisotopic (exact) mass is 268 g/mol. The molecule has 19 heavy (non-hydrogen) atoms. The highest BCUT2D eigenvalue weighted by molar-refractivity contribution is 5.89. The van der Waals surface area contributed by atoms with Crippen LogP contribution in [0.15, 0.2) is 0 Å². The Kier molecular flexibility index (Phi) is 4.45. The van der Waals surface area contributed by atoms with E-state index in [1.165, 1.54) is 12.8 Å². The van der Waals surface area contributed by atoms with Gasteiger partial charge in [-0.05, 0) is 38.3 Å². The van der Waals surface area contributed by atoms with Crippen LogP contribution in [0.4, 0.5) is 0 Å². The van der Waals surface area contributed by atoms with Crippen molar-refractivity contribution in [3.63, 3.8) is 0 Å². The Hall–Kier alpha value is -1.10. The summed E-state index contributed by atoms with van der Waals surface area (Å²) < 4.78 is 0.